The molecule has 0 unspecified atom stereocenters. The van der Waals surface area contributed by atoms with Crippen LogP contribution in [0.1, 0.15) is 17.7 Å². The Morgan fingerprint density at radius 1 is 1.05 bits per heavy atom. The van der Waals surface area contributed by atoms with Crippen molar-refractivity contribution in [1.29, 1.82) is 0 Å². The Morgan fingerprint density at radius 2 is 1.70 bits per heavy atom. The van der Waals surface area contributed by atoms with Crippen molar-refractivity contribution in [3.8, 4) is 11.3 Å². The molecule has 0 radical (unpaired) electrons. The van der Waals surface area contributed by atoms with Crippen molar-refractivity contribution >= 4 is 15.9 Å². The van der Waals surface area contributed by atoms with Gasteiger partial charge in [-0.25, -0.2) is 31.6 Å². The first-order chi connectivity index (χ1) is 17.3. The van der Waals surface area contributed by atoms with E-state index in [0.717, 1.165) is 42.7 Å². The molecule has 14 heteroatoms. The Kier molecular flexibility index (Phi) is 6.99. The third kappa shape index (κ3) is 5.91. The Bertz CT molecular complexity index is 1400. The number of sulfonamides is 1. The number of amides is 1. The molecule has 1 aliphatic rings. The van der Waals surface area contributed by atoms with Gasteiger partial charge in [-0.3, -0.25) is 4.79 Å². The van der Waals surface area contributed by atoms with Crippen molar-refractivity contribution < 1.29 is 39.6 Å². The fourth-order valence-corrected chi connectivity index (χ4v) is 5.40. The summed E-state index contributed by atoms with van der Waals surface area (Å²) in [6.45, 7) is -1.52. The molecule has 4 rings (SSSR count). The largest absolute Gasteiger partial charge is 0.416 e. The molecule has 37 heavy (non-hydrogen) atoms. The van der Waals surface area contributed by atoms with E-state index in [2.05, 4.69) is 15.3 Å². The molecule has 196 valence electrons. The zero-order valence-corrected chi connectivity index (χ0v) is 19.5. The van der Waals surface area contributed by atoms with E-state index in [1.54, 1.807) is 0 Å². The maximum Gasteiger partial charge on any atom is 0.416 e. The molecule has 0 spiro atoms. The summed E-state index contributed by atoms with van der Waals surface area (Å²) in [6.07, 6.45) is -4.45. The van der Waals surface area contributed by atoms with E-state index in [9.17, 15) is 39.6 Å². The number of carbonyl (C=O) groups excluding carboxylic acids is 1. The van der Waals surface area contributed by atoms with Crippen LogP contribution in [-0.2, 0) is 27.5 Å². The van der Waals surface area contributed by atoms with Gasteiger partial charge in [0.15, 0.2) is 0 Å². The standard InChI is InChI=1S/C23H18F6N4O3S/c24-16-5-7-18(8-6-16)37(35,36)33-12-22(25,26)10-20(33)21(34)30-11-17-9-19(32-13-31-17)14-1-3-15(4-2-14)23(27,28)29/h1-9,13,20H,10-12H2,(H,30,34)/t20-/m0/s1. The smallest absolute Gasteiger partial charge is 0.349 e. The number of nitrogens with one attached hydrogen (secondary N) is 1. The first kappa shape index (κ1) is 26.5. The Labute approximate surface area is 207 Å². The van der Waals surface area contributed by atoms with Crippen LogP contribution in [0, 0.1) is 5.82 Å². The number of nitrogens with zero attached hydrogens (tertiary/aromatic N) is 3. The average Bonchev–Trinajstić information content (AvgIpc) is 3.19. The molecule has 1 aliphatic heterocycles. The topological polar surface area (TPSA) is 92.3 Å². The lowest BCUT2D eigenvalue weighted by atomic mass is 10.1. The first-order valence-electron chi connectivity index (χ1n) is 10.7. The summed E-state index contributed by atoms with van der Waals surface area (Å²) in [4.78, 5) is 20.3. The van der Waals surface area contributed by atoms with Gasteiger partial charge < -0.3 is 5.32 Å². The molecule has 1 atom stereocenters. The molecule has 3 aromatic rings. The van der Waals surface area contributed by atoms with Gasteiger partial charge in [-0.05, 0) is 42.5 Å². The number of benzene rings is 2. The highest BCUT2D eigenvalue weighted by atomic mass is 32.2. The maximum atomic E-state index is 14.2. The van der Waals surface area contributed by atoms with Crippen LogP contribution in [0.4, 0.5) is 26.3 Å². The monoisotopic (exact) mass is 544 g/mol. The van der Waals surface area contributed by atoms with Gasteiger partial charge in [0, 0.05) is 12.0 Å². The third-order valence-electron chi connectivity index (χ3n) is 5.63. The van der Waals surface area contributed by atoms with Gasteiger partial charge in [0.25, 0.3) is 5.92 Å². The fourth-order valence-electron chi connectivity index (χ4n) is 3.78. The summed E-state index contributed by atoms with van der Waals surface area (Å²) in [5.74, 6) is -5.20. The predicted octanol–water partition coefficient (Wildman–Crippen LogP) is 4.02. The molecule has 1 amide bonds. The molecular formula is C23H18F6N4O3S. The van der Waals surface area contributed by atoms with Crippen LogP contribution >= 0.6 is 0 Å². The lowest BCUT2D eigenvalue weighted by Crippen LogP contribution is -2.45. The van der Waals surface area contributed by atoms with Gasteiger partial charge >= 0.3 is 6.18 Å². The molecule has 1 N–H and O–H groups in total. The minimum absolute atomic E-state index is 0.205. The van der Waals surface area contributed by atoms with E-state index in [-0.39, 0.29) is 17.9 Å². The molecule has 0 bridgehead atoms. The van der Waals surface area contributed by atoms with Crippen LogP contribution in [0.3, 0.4) is 0 Å². The summed E-state index contributed by atoms with van der Waals surface area (Å²) in [5, 5.41) is 2.37. The van der Waals surface area contributed by atoms with Crippen molar-refractivity contribution in [2.45, 2.75) is 36.0 Å². The molecule has 0 aliphatic carbocycles. The molecule has 2 aromatic carbocycles. The number of hydrogen-bond acceptors (Lipinski definition) is 5. The SMILES string of the molecule is O=C(NCc1cc(-c2ccc(C(F)(F)F)cc2)ncn1)[C@@H]1CC(F)(F)CN1S(=O)(=O)c1ccc(F)cc1. The second kappa shape index (κ2) is 9.74. The fraction of sp³-hybridized carbons (Fsp3) is 0.261. The molecule has 1 aromatic heterocycles. The van der Waals surface area contributed by atoms with Gasteiger partial charge in [0.05, 0.1) is 34.9 Å². The van der Waals surface area contributed by atoms with Crippen LogP contribution in [0.15, 0.2) is 65.8 Å². The van der Waals surface area contributed by atoms with Crippen molar-refractivity contribution in [2.24, 2.45) is 0 Å². The normalized spacial score (nSPS) is 18.1. The number of alkyl halides is 5. The molecular weight excluding hydrogens is 526 g/mol. The van der Waals surface area contributed by atoms with Crippen LogP contribution in [0.2, 0.25) is 0 Å². The molecule has 7 nitrogen and oxygen atoms in total. The van der Waals surface area contributed by atoms with Gasteiger partial charge in [-0.1, -0.05) is 12.1 Å². The number of aromatic nitrogens is 2. The highest BCUT2D eigenvalue weighted by Crippen LogP contribution is 2.36. The number of hydrogen-bond donors (Lipinski definition) is 1. The number of carbonyl (C=O) groups is 1. The lowest BCUT2D eigenvalue weighted by Gasteiger charge is -2.22. The minimum Gasteiger partial charge on any atom is -0.349 e. The maximum absolute atomic E-state index is 14.2. The quantitative estimate of drug-likeness (QED) is 0.474. The molecule has 2 heterocycles. The summed E-state index contributed by atoms with van der Waals surface area (Å²) < 4.78 is 106. The van der Waals surface area contributed by atoms with E-state index < -0.39 is 63.3 Å². The second-order valence-electron chi connectivity index (χ2n) is 8.27. The van der Waals surface area contributed by atoms with E-state index in [1.807, 2.05) is 0 Å². The predicted molar refractivity (Wildman–Crippen MR) is 118 cm³/mol. The number of rotatable bonds is 6. The van der Waals surface area contributed by atoms with Crippen LogP contribution < -0.4 is 5.32 Å². The van der Waals surface area contributed by atoms with Gasteiger partial charge in [-0.15, -0.1) is 0 Å². The highest BCUT2D eigenvalue weighted by Gasteiger charge is 2.52. The Balaban J connectivity index is 1.49. The van der Waals surface area contributed by atoms with Gasteiger partial charge in [-0.2, -0.15) is 17.5 Å². The van der Waals surface area contributed by atoms with E-state index in [1.165, 1.54) is 18.2 Å². The Morgan fingerprint density at radius 3 is 2.32 bits per heavy atom. The summed E-state index contributed by atoms with van der Waals surface area (Å²) in [5.41, 5.74) is -0.0434. The van der Waals surface area contributed by atoms with E-state index in [0.29, 0.717) is 9.87 Å². The van der Waals surface area contributed by atoms with Crippen LogP contribution in [0.5, 0.6) is 0 Å². The molecule has 1 fully saturated rings. The minimum atomic E-state index is -4.54. The van der Waals surface area contributed by atoms with Crippen molar-refractivity contribution in [1.82, 2.24) is 19.6 Å². The zero-order valence-electron chi connectivity index (χ0n) is 18.7. The summed E-state index contributed by atoms with van der Waals surface area (Å²) >= 11 is 0. The molecule has 0 saturated carbocycles. The Hall–Kier alpha value is -3.52. The van der Waals surface area contributed by atoms with E-state index in [4.69, 9.17) is 0 Å². The second-order valence-corrected chi connectivity index (χ2v) is 10.2. The average molecular weight is 544 g/mol. The van der Waals surface area contributed by atoms with Crippen LogP contribution in [0.25, 0.3) is 11.3 Å². The summed E-state index contributed by atoms with van der Waals surface area (Å²) in [6, 6.07) is 7.40. The van der Waals surface area contributed by atoms with Crippen molar-refractivity contribution in [3.63, 3.8) is 0 Å². The summed E-state index contributed by atoms with van der Waals surface area (Å²) in [7, 11) is -4.54. The van der Waals surface area contributed by atoms with Gasteiger partial charge in [0.1, 0.15) is 18.2 Å². The molecule has 1 saturated heterocycles. The van der Waals surface area contributed by atoms with Crippen LogP contribution in [-0.4, -0.2) is 47.1 Å². The zero-order chi connectivity index (χ0) is 27.0. The van der Waals surface area contributed by atoms with Gasteiger partial charge in [0.2, 0.25) is 15.9 Å². The lowest BCUT2D eigenvalue weighted by molar-refractivity contribution is -0.137. The van der Waals surface area contributed by atoms with Crippen molar-refractivity contribution in [3.05, 3.63) is 78.0 Å². The third-order valence-corrected chi connectivity index (χ3v) is 7.49. The van der Waals surface area contributed by atoms with Crippen molar-refractivity contribution in [2.75, 3.05) is 6.54 Å². The van der Waals surface area contributed by atoms with E-state index >= 15 is 0 Å². The highest BCUT2D eigenvalue weighted by molar-refractivity contribution is 7.89. The number of halogens is 6. The first-order valence-corrected chi connectivity index (χ1v) is 12.1.